The molecular weight excluding hydrogens is 282 g/mol. The second-order valence-electron chi connectivity index (χ2n) is 4.35. The predicted octanol–water partition coefficient (Wildman–Crippen LogP) is 3.19. The number of carbonyl (C=O) groups is 1. The number of aliphatic carboxylic acids is 1. The highest BCUT2D eigenvalue weighted by Gasteiger charge is 2.45. The van der Waals surface area contributed by atoms with E-state index in [4.69, 9.17) is 5.11 Å². The molecule has 2 unspecified atom stereocenters. The molecular formula is C13H10BrNO2. The number of rotatable bonds is 2. The van der Waals surface area contributed by atoms with Gasteiger partial charge in [0.05, 0.1) is 11.4 Å². The minimum Gasteiger partial charge on any atom is -0.481 e. The van der Waals surface area contributed by atoms with E-state index in [-0.39, 0.29) is 11.8 Å². The molecule has 1 saturated carbocycles. The van der Waals surface area contributed by atoms with Crippen molar-refractivity contribution in [3.05, 3.63) is 40.5 Å². The van der Waals surface area contributed by atoms with E-state index in [1.165, 1.54) is 0 Å². The van der Waals surface area contributed by atoms with Crippen molar-refractivity contribution < 1.29 is 9.90 Å². The zero-order valence-electron chi connectivity index (χ0n) is 8.93. The smallest absolute Gasteiger partial charge is 0.307 e. The summed E-state index contributed by atoms with van der Waals surface area (Å²) in [6.07, 6.45) is 0.716. The van der Waals surface area contributed by atoms with Gasteiger partial charge in [-0.1, -0.05) is 18.2 Å². The number of fused-ring (bicyclic) bond motifs is 1. The lowest BCUT2D eigenvalue weighted by molar-refractivity contribution is -0.138. The van der Waals surface area contributed by atoms with Gasteiger partial charge in [-0.05, 0) is 40.0 Å². The molecule has 3 nitrogen and oxygen atoms in total. The van der Waals surface area contributed by atoms with Crippen LogP contribution >= 0.6 is 15.9 Å². The number of carboxylic acids is 1. The highest BCUT2D eigenvalue weighted by molar-refractivity contribution is 9.10. The average molecular weight is 292 g/mol. The zero-order chi connectivity index (χ0) is 12.0. The van der Waals surface area contributed by atoms with E-state index in [1.54, 1.807) is 0 Å². The van der Waals surface area contributed by atoms with E-state index in [0.29, 0.717) is 6.42 Å². The van der Waals surface area contributed by atoms with Crippen molar-refractivity contribution in [2.24, 2.45) is 5.92 Å². The number of hydrogen-bond donors (Lipinski definition) is 1. The van der Waals surface area contributed by atoms with Crippen LogP contribution in [0.5, 0.6) is 0 Å². The lowest BCUT2D eigenvalue weighted by atomic mass is 10.1. The number of nitrogens with zero attached hydrogens (tertiary/aromatic N) is 1. The monoisotopic (exact) mass is 291 g/mol. The van der Waals surface area contributed by atoms with Gasteiger partial charge in [0, 0.05) is 11.3 Å². The Morgan fingerprint density at radius 3 is 2.88 bits per heavy atom. The molecule has 86 valence electrons. The Bertz CT molecular complexity index is 611. The number of hydrogen-bond acceptors (Lipinski definition) is 2. The lowest BCUT2D eigenvalue weighted by Gasteiger charge is -2.05. The van der Waals surface area contributed by atoms with Crippen LogP contribution in [0.3, 0.4) is 0 Å². The lowest BCUT2D eigenvalue weighted by Crippen LogP contribution is -1.99. The topological polar surface area (TPSA) is 50.2 Å². The van der Waals surface area contributed by atoms with Crippen molar-refractivity contribution in [3.8, 4) is 0 Å². The van der Waals surface area contributed by atoms with Gasteiger partial charge in [-0.25, -0.2) is 4.98 Å². The molecule has 1 aliphatic rings. The van der Waals surface area contributed by atoms with Crippen molar-refractivity contribution in [2.75, 3.05) is 0 Å². The van der Waals surface area contributed by atoms with Gasteiger partial charge in [0.2, 0.25) is 0 Å². The maximum Gasteiger partial charge on any atom is 0.307 e. The third-order valence-corrected chi connectivity index (χ3v) is 3.85. The summed E-state index contributed by atoms with van der Waals surface area (Å²) in [6.45, 7) is 0. The highest BCUT2D eigenvalue weighted by Crippen LogP contribution is 2.49. The molecule has 1 heterocycles. The molecule has 1 aromatic carbocycles. The molecule has 0 amide bonds. The first-order valence-corrected chi connectivity index (χ1v) is 6.24. The quantitative estimate of drug-likeness (QED) is 0.865. The summed E-state index contributed by atoms with van der Waals surface area (Å²) in [6, 6.07) is 9.89. The van der Waals surface area contributed by atoms with Crippen LogP contribution in [0.25, 0.3) is 10.9 Å². The van der Waals surface area contributed by atoms with Crippen molar-refractivity contribution >= 4 is 32.8 Å². The van der Waals surface area contributed by atoms with Crippen LogP contribution in [0.4, 0.5) is 0 Å². The summed E-state index contributed by atoms with van der Waals surface area (Å²) < 4.78 is 0.768. The minimum atomic E-state index is -0.713. The fraction of sp³-hybridized carbons (Fsp3) is 0.231. The number of halogens is 1. The molecule has 3 rings (SSSR count). The SMILES string of the molecule is O=C(O)C1CC1c1cc2ccccc2nc1Br. The summed E-state index contributed by atoms with van der Waals surface area (Å²) in [5.41, 5.74) is 1.94. The summed E-state index contributed by atoms with van der Waals surface area (Å²) in [4.78, 5) is 15.3. The van der Waals surface area contributed by atoms with Gasteiger partial charge in [0.15, 0.2) is 0 Å². The first kappa shape index (κ1) is 10.7. The fourth-order valence-corrected chi connectivity index (χ4v) is 2.78. The summed E-state index contributed by atoms with van der Waals surface area (Å²) >= 11 is 3.43. The molecule has 0 radical (unpaired) electrons. The van der Waals surface area contributed by atoms with Crippen molar-refractivity contribution in [2.45, 2.75) is 12.3 Å². The summed E-state index contributed by atoms with van der Waals surface area (Å²) in [7, 11) is 0. The minimum absolute atomic E-state index is 0.110. The van der Waals surface area contributed by atoms with Crippen molar-refractivity contribution in [3.63, 3.8) is 0 Å². The highest BCUT2D eigenvalue weighted by atomic mass is 79.9. The Hall–Kier alpha value is -1.42. The number of carboxylic acid groups (broad SMARTS) is 1. The van der Waals surface area contributed by atoms with Gasteiger partial charge in [0.25, 0.3) is 0 Å². The van der Waals surface area contributed by atoms with Gasteiger partial charge < -0.3 is 5.11 Å². The van der Waals surface area contributed by atoms with Crippen molar-refractivity contribution in [1.82, 2.24) is 4.98 Å². The van der Waals surface area contributed by atoms with Crippen LogP contribution in [0, 0.1) is 5.92 Å². The maximum atomic E-state index is 10.9. The van der Waals surface area contributed by atoms with Crippen LogP contribution < -0.4 is 0 Å². The van der Waals surface area contributed by atoms with Gasteiger partial charge >= 0.3 is 5.97 Å². The van der Waals surface area contributed by atoms with Crippen LogP contribution in [0.15, 0.2) is 34.9 Å². The molecule has 0 bridgehead atoms. The van der Waals surface area contributed by atoms with Gasteiger partial charge in [-0.15, -0.1) is 0 Å². The van der Waals surface area contributed by atoms with E-state index >= 15 is 0 Å². The molecule has 1 aromatic heterocycles. The predicted molar refractivity (Wildman–Crippen MR) is 67.9 cm³/mol. The van der Waals surface area contributed by atoms with Crippen molar-refractivity contribution in [1.29, 1.82) is 0 Å². The molecule has 2 aromatic rings. The van der Waals surface area contributed by atoms with E-state index < -0.39 is 5.97 Å². The first-order valence-electron chi connectivity index (χ1n) is 5.45. The van der Waals surface area contributed by atoms with E-state index in [2.05, 4.69) is 20.9 Å². The number of aromatic nitrogens is 1. The molecule has 0 aliphatic heterocycles. The molecule has 1 aliphatic carbocycles. The Labute approximate surface area is 107 Å². The largest absolute Gasteiger partial charge is 0.481 e. The van der Waals surface area contributed by atoms with E-state index in [0.717, 1.165) is 21.1 Å². The Morgan fingerprint density at radius 2 is 2.18 bits per heavy atom. The standard InChI is InChI=1S/C13H10BrNO2/c14-12-9(8-6-10(8)13(16)17)5-7-3-1-2-4-11(7)15-12/h1-5,8,10H,6H2,(H,16,17). The molecule has 2 atom stereocenters. The van der Waals surface area contributed by atoms with Crippen LogP contribution in [0.2, 0.25) is 0 Å². The second kappa shape index (κ2) is 3.81. The number of benzene rings is 1. The molecule has 17 heavy (non-hydrogen) atoms. The Morgan fingerprint density at radius 1 is 1.41 bits per heavy atom. The summed E-state index contributed by atoms with van der Waals surface area (Å²) in [5, 5.41) is 10.0. The Kier molecular flexibility index (Phi) is 2.40. The zero-order valence-corrected chi connectivity index (χ0v) is 10.5. The first-order chi connectivity index (χ1) is 8.16. The molecule has 1 N–H and O–H groups in total. The third-order valence-electron chi connectivity index (χ3n) is 3.21. The Balaban J connectivity index is 2.06. The van der Waals surface area contributed by atoms with Crippen LogP contribution in [0.1, 0.15) is 17.9 Å². The van der Waals surface area contributed by atoms with Gasteiger partial charge in [-0.2, -0.15) is 0 Å². The number of pyridine rings is 1. The molecule has 0 saturated heterocycles. The van der Waals surface area contributed by atoms with Crippen LogP contribution in [-0.2, 0) is 4.79 Å². The second-order valence-corrected chi connectivity index (χ2v) is 5.10. The van der Waals surface area contributed by atoms with Gasteiger partial charge in [-0.3, -0.25) is 4.79 Å². The fourth-order valence-electron chi connectivity index (χ4n) is 2.18. The molecule has 4 heteroatoms. The van der Waals surface area contributed by atoms with Crippen LogP contribution in [-0.4, -0.2) is 16.1 Å². The average Bonchev–Trinajstić information content (AvgIpc) is 3.08. The third kappa shape index (κ3) is 1.82. The summed E-state index contributed by atoms with van der Waals surface area (Å²) in [5.74, 6) is -0.844. The maximum absolute atomic E-state index is 10.9. The normalized spacial score (nSPS) is 22.6. The number of para-hydroxylation sites is 1. The molecule has 1 fully saturated rings. The van der Waals surface area contributed by atoms with Gasteiger partial charge in [0.1, 0.15) is 4.60 Å². The van der Waals surface area contributed by atoms with E-state index in [1.807, 2.05) is 30.3 Å². The van der Waals surface area contributed by atoms with E-state index in [9.17, 15) is 4.79 Å². The molecule has 0 spiro atoms.